The van der Waals surface area contributed by atoms with Gasteiger partial charge in [-0.1, -0.05) is 50.4 Å². The third-order valence-electron chi connectivity index (χ3n) is 1.49. The van der Waals surface area contributed by atoms with E-state index in [1.807, 2.05) is 0 Å². The molecule has 0 heterocycles. The molecule has 0 aromatic heterocycles. The summed E-state index contributed by atoms with van der Waals surface area (Å²) in [4.78, 5) is 1.22. The van der Waals surface area contributed by atoms with E-state index in [0.29, 0.717) is 9.65 Å². The molecule has 1 aliphatic carbocycles. The second kappa shape index (κ2) is 3.77. The number of alkyl halides is 2. The van der Waals surface area contributed by atoms with E-state index >= 15 is 0 Å². The van der Waals surface area contributed by atoms with E-state index in [4.69, 9.17) is 0 Å². The van der Waals surface area contributed by atoms with Crippen LogP contribution >= 0.6 is 31.9 Å². The lowest BCUT2D eigenvalue weighted by molar-refractivity contribution is 0.739. The Hall–Kier alpha value is 0.700. The van der Waals surface area contributed by atoms with Gasteiger partial charge in [-0.25, -0.2) is 0 Å². The highest BCUT2D eigenvalue weighted by molar-refractivity contribution is 9.10. The van der Waals surface area contributed by atoms with Crippen LogP contribution in [0, 0.1) is 0 Å². The predicted octanol–water partition coefficient (Wildman–Crippen LogP) is 3.25. The van der Waals surface area contributed by atoms with E-state index < -0.39 is 0 Å². The van der Waals surface area contributed by atoms with Crippen molar-refractivity contribution >= 4 is 31.9 Å². The van der Waals surface area contributed by atoms with Crippen LogP contribution in [0.1, 0.15) is 19.3 Å². The van der Waals surface area contributed by atoms with Crippen molar-refractivity contribution in [2.75, 3.05) is 0 Å². The van der Waals surface area contributed by atoms with Gasteiger partial charge in [0.2, 0.25) is 0 Å². The molecule has 0 aromatic rings. The van der Waals surface area contributed by atoms with Gasteiger partial charge in [-0.2, -0.15) is 0 Å². The molecule has 0 N–H and O–H groups in total. The summed E-state index contributed by atoms with van der Waals surface area (Å²) in [5, 5.41) is 0. The number of hydrogen-bond acceptors (Lipinski definition) is 0. The summed E-state index contributed by atoms with van der Waals surface area (Å²) in [5.41, 5.74) is 0. The highest BCUT2D eigenvalue weighted by atomic mass is 79.9. The first-order valence-electron chi connectivity index (χ1n) is 3.25. The van der Waals surface area contributed by atoms with Crippen LogP contribution in [0.4, 0.5) is 0 Å². The van der Waals surface area contributed by atoms with Crippen LogP contribution in [0.5, 0.6) is 0 Å². The maximum atomic E-state index is 3.56. The van der Waals surface area contributed by atoms with Crippen molar-refractivity contribution in [3.8, 4) is 0 Å². The Bertz CT molecular complexity index is 97.5. The largest absolute Gasteiger partial charge is 0.0845 e. The lowest BCUT2D eigenvalue weighted by Gasteiger charge is -1.98. The van der Waals surface area contributed by atoms with Gasteiger partial charge in [0, 0.05) is 9.65 Å². The minimum Gasteiger partial charge on any atom is -0.0845 e. The molecule has 0 nitrogen and oxygen atoms in total. The number of hydrogen-bond donors (Lipinski definition) is 0. The first-order valence-corrected chi connectivity index (χ1v) is 5.08. The molecule has 2 atom stereocenters. The zero-order chi connectivity index (χ0) is 6.69. The highest BCUT2D eigenvalue weighted by Gasteiger charge is 2.07. The summed E-state index contributed by atoms with van der Waals surface area (Å²) >= 11 is 7.12. The lowest BCUT2D eigenvalue weighted by atomic mass is 10.2. The maximum Gasteiger partial charge on any atom is 0.0325 e. The zero-order valence-electron chi connectivity index (χ0n) is 5.19. The molecule has 1 aliphatic rings. The topological polar surface area (TPSA) is 0 Å². The smallest absolute Gasteiger partial charge is 0.0325 e. The highest BCUT2D eigenvalue weighted by Crippen LogP contribution is 2.21. The molecule has 0 amide bonds. The molecule has 1 rings (SSSR count). The maximum absolute atomic E-state index is 3.56. The standard InChI is InChI=1S/C7H10Br2/c8-6-2-1-3-7(9)5-4-6/h4-7H,1-3H2. The predicted molar refractivity (Wildman–Crippen MR) is 48.4 cm³/mol. The van der Waals surface area contributed by atoms with Crippen molar-refractivity contribution in [3.05, 3.63) is 12.2 Å². The van der Waals surface area contributed by atoms with Crippen molar-refractivity contribution in [1.82, 2.24) is 0 Å². The summed E-state index contributed by atoms with van der Waals surface area (Å²) in [5.74, 6) is 0. The summed E-state index contributed by atoms with van der Waals surface area (Å²) in [7, 11) is 0. The Morgan fingerprint density at radius 2 is 1.44 bits per heavy atom. The van der Waals surface area contributed by atoms with Gasteiger partial charge < -0.3 is 0 Å². The molecule has 0 aromatic carbocycles. The zero-order valence-corrected chi connectivity index (χ0v) is 8.36. The van der Waals surface area contributed by atoms with Gasteiger partial charge in [-0.3, -0.25) is 0 Å². The van der Waals surface area contributed by atoms with Gasteiger partial charge >= 0.3 is 0 Å². The minimum absolute atomic E-state index is 0.611. The van der Waals surface area contributed by atoms with E-state index in [1.165, 1.54) is 19.3 Å². The molecule has 2 unspecified atom stereocenters. The molecule has 52 valence electrons. The van der Waals surface area contributed by atoms with E-state index in [9.17, 15) is 0 Å². The Morgan fingerprint density at radius 1 is 1.00 bits per heavy atom. The second-order valence-corrected chi connectivity index (χ2v) is 4.70. The molecule has 0 saturated carbocycles. The van der Waals surface area contributed by atoms with Crippen molar-refractivity contribution in [3.63, 3.8) is 0 Å². The fourth-order valence-electron chi connectivity index (χ4n) is 0.941. The number of allylic oxidation sites excluding steroid dienone is 2. The van der Waals surface area contributed by atoms with E-state index in [2.05, 4.69) is 44.0 Å². The van der Waals surface area contributed by atoms with Gasteiger partial charge in [0.05, 0.1) is 0 Å². The molecule has 9 heavy (non-hydrogen) atoms. The Kier molecular flexibility index (Phi) is 3.27. The fourth-order valence-corrected chi connectivity index (χ4v) is 1.94. The van der Waals surface area contributed by atoms with Gasteiger partial charge in [0.1, 0.15) is 0 Å². The molecular formula is C7H10Br2. The summed E-state index contributed by atoms with van der Waals surface area (Å²) in [6, 6.07) is 0. The van der Waals surface area contributed by atoms with Crippen molar-refractivity contribution in [2.24, 2.45) is 0 Å². The summed E-state index contributed by atoms with van der Waals surface area (Å²) < 4.78 is 0. The fraction of sp³-hybridized carbons (Fsp3) is 0.714. The van der Waals surface area contributed by atoms with Crippen molar-refractivity contribution in [2.45, 2.75) is 28.9 Å². The van der Waals surface area contributed by atoms with Crippen LogP contribution in [0.15, 0.2) is 12.2 Å². The Morgan fingerprint density at radius 3 is 1.89 bits per heavy atom. The quantitative estimate of drug-likeness (QED) is 0.459. The molecule has 0 spiro atoms. The molecule has 0 bridgehead atoms. The van der Waals surface area contributed by atoms with Gasteiger partial charge in [-0.05, 0) is 12.8 Å². The summed E-state index contributed by atoms with van der Waals surface area (Å²) in [6.07, 6.45) is 8.33. The molecule has 0 radical (unpaired) electrons. The second-order valence-electron chi connectivity index (χ2n) is 2.35. The third kappa shape index (κ3) is 2.85. The van der Waals surface area contributed by atoms with Crippen LogP contribution < -0.4 is 0 Å². The first-order chi connectivity index (χ1) is 4.29. The van der Waals surface area contributed by atoms with E-state index in [-0.39, 0.29) is 0 Å². The Labute approximate surface area is 73.0 Å². The normalized spacial score (nSPS) is 36.2. The van der Waals surface area contributed by atoms with Gasteiger partial charge in [0.15, 0.2) is 0 Å². The van der Waals surface area contributed by atoms with Crippen LogP contribution in [0.3, 0.4) is 0 Å². The van der Waals surface area contributed by atoms with Crippen LogP contribution in [0.25, 0.3) is 0 Å². The lowest BCUT2D eigenvalue weighted by Crippen LogP contribution is -1.89. The van der Waals surface area contributed by atoms with E-state index in [1.54, 1.807) is 0 Å². The van der Waals surface area contributed by atoms with Crippen molar-refractivity contribution < 1.29 is 0 Å². The van der Waals surface area contributed by atoms with Crippen LogP contribution in [0.2, 0.25) is 0 Å². The third-order valence-corrected chi connectivity index (χ3v) is 3.01. The average molecular weight is 254 g/mol. The van der Waals surface area contributed by atoms with Gasteiger partial charge in [-0.15, -0.1) is 0 Å². The van der Waals surface area contributed by atoms with Crippen molar-refractivity contribution in [1.29, 1.82) is 0 Å². The van der Waals surface area contributed by atoms with Gasteiger partial charge in [0.25, 0.3) is 0 Å². The summed E-state index contributed by atoms with van der Waals surface area (Å²) in [6.45, 7) is 0. The van der Waals surface area contributed by atoms with Crippen LogP contribution in [-0.2, 0) is 0 Å². The Balaban J connectivity index is 2.43. The molecular weight excluding hydrogens is 244 g/mol. The molecule has 0 fully saturated rings. The molecule has 0 saturated heterocycles. The monoisotopic (exact) mass is 252 g/mol. The molecule has 0 aliphatic heterocycles. The van der Waals surface area contributed by atoms with E-state index in [0.717, 1.165) is 0 Å². The average Bonchev–Trinajstić information content (AvgIpc) is 1.97. The number of rotatable bonds is 0. The number of halogens is 2. The molecule has 2 heteroatoms. The van der Waals surface area contributed by atoms with Crippen LogP contribution in [-0.4, -0.2) is 9.65 Å². The minimum atomic E-state index is 0.611. The first kappa shape index (κ1) is 7.80. The SMILES string of the molecule is BrC1C=CC(Br)CCC1.